The van der Waals surface area contributed by atoms with Crippen LogP contribution in [0.15, 0.2) is 48.8 Å². The molecule has 8 heteroatoms. The summed E-state index contributed by atoms with van der Waals surface area (Å²) in [6, 6.07) is 12.2. The van der Waals surface area contributed by atoms with Gasteiger partial charge in [0.2, 0.25) is 5.95 Å². The van der Waals surface area contributed by atoms with Crippen molar-refractivity contribution in [2.24, 2.45) is 0 Å². The number of nitriles is 1. The second-order valence-corrected chi connectivity index (χ2v) is 7.49. The Morgan fingerprint density at radius 3 is 2.53 bits per heavy atom. The van der Waals surface area contributed by atoms with Crippen LogP contribution in [0, 0.1) is 23.0 Å². The van der Waals surface area contributed by atoms with E-state index in [0.29, 0.717) is 35.4 Å². The maximum Gasteiger partial charge on any atom is 0.226 e. The lowest BCUT2D eigenvalue weighted by Gasteiger charge is -2.36. The highest BCUT2D eigenvalue weighted by Crippen LogP contribution is 2.41. The molecule has 0 saturated heterocycles. The van der Waals surface area contributed by atoms with Gasteiger partial charge < -0.3 is 9.88 Å². The van der Waals surface area contributed by atoms with Crippen LogP contribution in [-0.4, -0.2) is 21.5 Å². The lowest BCUT2D eigenvalue weighted by atomic mass is 9.92. The van der Waals surface area contributed by atoms with Crippen molar-refractivity contribution < 1.29 is 8.78 Å². The van der Waals surface area contributed by atoms with Crippen molar-refractivity contribution in [3.63, 3.8) is 0 Å². The van der Waals surface area contributed by atoms with Gasteiger partial charge in [0.05, 0.1) is 35.1 Å². The zero-order chi connectivity index (χ0) is 20.8. The highest BCUT2D eigenvalue weighted by atomic mass is 35.5. The third kappa shape index (κ3) is 2.88. The topological polar surface area (TPSA) is 68.6 Å². The van der Waals surface area contributed by atoms with E-state index in [2.05, 4.69) is 21.0 Å². The molecule has 1 aliphatic heterocycles. The quantitative estimate of drug-likeness (QED) is 0.499. The highest BCUT2D eigenvalue weighted by Gasteiger charge is 2.34. The monoisotopic (exact) mass is 421 g/mol. The maximum atomic E-state index is 14.8. The van der Waals surface area contributed by atoms with Crippen molar-refractivity contribution in [2.75, 3.05) is 11.4 Å². The van der Waals surface area contributed by atoms with Crippen LogP contribution in [0.25, 0.3) is 10.9 Å². The zero-order valence-electron chi connectivity index (χ0n) is 15.5. The van der Waals surface area contributed by atoms with Crippen LogP contribution in [0.5, 0.6) is 0 Å². The van der Waals surface area contributed by atoms with E-state index in [0.717, 1.165) is 29.2 Å². The number of H-pyrrole nitrogens is 1. The number of benzene rings is 2. The van der Waals surface area contributed by atoms with Crippen LogP contribution < -0.4 is 4.90 Å². The third-order valence-electron chi connectivity index (χ3n) is 5.40. The summed E-state index contributed by atoms with van der Waals surface area (Å²) in [5.74, 6) is -0.598. The Kier molecular flexibility index (Phi) is 4.37. The second-order valence-electron chi connectivity index (χ2n) is 7.08. The summed E-state index contributed by atoms with van der Waals surface area (Å²) in [6.45, 7) is 0.502. The van der Waals surface area contributed by atoms with E-state index in [9.17, 15) is 8.78 Å². The zero-order valence-corrected chi connectivity index (χ0v) is 16.3. The Balaban J connectivity index is 1.72. The van der Waals surface area contributed by atoms with Crippen molar-refractivity contribution in [1.82, 2.24) is 15.0 Å². The van der Waals surface area contributed by atoms with Crippen LogP contribution >= 0.6 is 11.6 Å². The minimum atomic E-state index is -0.520. The number of nitrogens with one attached hydrogen (secondary N) is 1. The fourth-order valence-corrected chi connectivity index (χ4v) is 4.23. The van der Waals surface area contributed by atoms with E-state index >= 15 is 0 Å². The lowest BCUT2D eigenvalue weighted by molar-refractivity contribution is 0.595. The number of fused-ring (bicyclic) bond motifs is 3. The van der Waals surface area contributed by atoms with Gasteiger partial charge in [-0.15, -0.1) is 0 Å². The molecule has 0 aliphatic carbocycles. The fraction of sp³-hybridized carbons (Fsp3) is 0.136. The summed E-state index contributed by atoms with van der Waals surface area (Å²) >= 11 is 6.03. The lowest BCUT2D eigenvalue weighted by Crippen LogP contribution is -2.37. The fourth-order valence-electron chi connectivity index (χ4n) is 4.07. The molecule has 0 fully saturated rings. The van der Waals surface area contributed by atoms with Crippen LogP contribution in [0.3, 0.4) is 0 Å². The molecule has 0 spiro atoms. The van der Waals surface area contributed by atoms with Crippen LogP contribution in [0.1, 0.15) is 28.4 Å². The van der Waals surface area contributed by atoms with Crippen molar-refractivity contribution in [1.29, 1.82) is 5.26 Å². The number of nitrogens with zero attached hydrogens (tertiary/aromatic N) is 4. The van der Waals surface area contributed by atoms with Crippen LogP contribution in [0.4, 0.5) is 14.7 Å². The maximum absolute atomic E-state index is 14.8. The number of hydrogen-bond donors (Lipinski definition) is 1. The first kappa shape index (κ1) is 18.5. The van der Waals surface area contributed by atoms with E-state index in [-0.39, 0.29) is 11.1 Å². The molecule has 4 aromatic rings. The smallest absolute Gasteiger partial charge is 0.226 e. The van der Waals surface area contributed by atoms with Gasteiger partial charge in [-0.25, -0.2) is 18.7 Å². The molecule has 3 heterocycles. The molecule has 2 aromatic carbocycles. The predicted molar refractivity (Wildman–Crippen MR) is 109 cm³/mol. The van der Waals surface area contributed by atoms with Gasteiger partial charge in [-0.05, 0) is 41.8 Å². The number of hydrogen-bond acceptors (Lipinski definition) is 4. The van der Waals surface area contributed by atoms with E-state index in [4.69, 9.17) is 16.9 Å². The number of rotatable bonds is 2. The van der Waals surface area contributed by atoms with Gasteiger partial charge in [0, 0.05) is 23.1 Å². The molecule has 5 nitrogen and oxygen atoms in total. The van der Waals surface area contributed by atoms with Crippen LogP contribution in [-0.2, 0) is 6.42 Å². The number of aromatic amines is 1. The molecule has 1 unspecified atom stereocenters. The highest BCUT2D eigenvalue weighted by molar-refractivity contribution is 6.31. The first-order valence-corrected chi connectivity index (χ1v) is 9.67. The Morgan fingerprint density at radius 2 is 1.83 bits per heavy atom. The van der Waals surface area contributed by atoms with Gasteiger partial charge >= 0.3 is 0 Å². The largest absolute Gasteiger partial charge is 0.356 e. The molecule has 5 rings (SSSR count). The molecular weight excluding hydrogens is 408 g/mol. The summed E-state index contributed by atoms with van der Waals surface area (Å²) in [5.41, 5.74) is 3.71. The standard InChI is InChI=1S/C22H14ClF2N5/c23-16-5-6-17-18(19(16)25)15-7-8-30(22-27-10-14(24)11-28-22)21(20(15)29-17)13-3-1-12(9-26)2-4-13/h1-6,10-11,21,29H,7-8H2. The first-order valence-electron chi connectivity index (χ1n) is 9.29. The summed E-state index contributed by atoms with van der Waals surface area (Å²) in [7, 11) is 0. The Hall–Kier alpha value is -3.50. The van der Waals surface area contributed by atoms with Gasteiger partial charge in [0.15, 0.2) is 11.6 Å². The molecule has 2 aromatic heterocycles. The minimum absolute atomic E-state index is 0.0727. The average Bonchev–Trinajstić information content (AvgIpc) is 3.15. The Labute approximate surface area is 175 Å². The average molecular weight is 422 g/mol. The van der Waals surface area contributed by atoms with E-state index in [1.165, 1.54) is 6.07 Å². The van der Waals surface area contributed by atoms with Gasteiger partial charge in [-0.3, -0.25) is 0 Å². The number of aromatic nitrogens is 3. The molecule has 0 saturated carbocycles. The summed E-state index contributed by atoms with van der Waals surface area (Å²) in [4.78, 5) is 13.6. The Bertz CT molecular complexity index is 1290. The van der Waals surface area contributed by atoms with Gasteiger partial charge in [0.1, 0.15) is 0 Å². The number of halogens is 3. The molecule has 30 heavy (non-hydrogen) atoms. The molecule has 148 valence electrons. The second kappa shape index (κ2) is 7.08. The summed E-state index contributed by atoms with van der Waals surface area (Å²) < 4.78 is 28.2. The van der Waals surface area contributed by atoms with Crippen molar-refractivity contribution in [3.8, 4) is 6.07 Å². The first-order chi connectivity index (χ1) is 14.6. The van der Waals surface area contributed by atoms with E-state index in [1.54, 1.807) is 18.2 Å². The molecule has 0 radical (unpaired) electrons. The Morgan fingerprint density at radius 1 is 1.10 bits per heavy atom. The normalized spacial score (nSPS) is 15.8. The predicted octanol–water partition coefficient (Wildman–Crippen LogP) is 4.91. The molecule has 1 aliphatic rings. The summed E-state index contributed by atoms with van der Waals surface area (Å²) in [6.07, 6.45) is 2.79. The third-order valence-corrected chi connectivity index (χ3v) is 5.69. The van der Waals surface area contributed by atoms with E-state index in [1.807, 2.05) is 17.0 Å². The van der Waals surface area contributed by atoms with Crippen molar-refractivity contribution in [3.05, 3.63) is 87.8 Å². The summed E-state index contributed by atoms with van der Waals surface area (Å²) in [5, 5.41) is 9.68. The minimum Gasteiger partial charge on any atom is -0.356 e. The molecule has 1 atom stereocenters. The van der Waals surface area contributed by atoms with Gasteiger partial charge in [-0.2, -0.15) is 5.26 Å². The molecule has 1 N–H and O–H groups in total. The van der Waals surface area contributed by atoms with E-state index < -0.39 is 11.6 Å². The SMILES string of the molecule is N#Cc1ccc(C2c3[nH]c4ccc(Cl)c(F)c4c3CCN2c2ncc(F)cn2)cc1. The van der Waals surface area contributed by atoms with Gasteiger partial charge in [0.25, 0.3) is 0 Å². The molecule has 0 amide bonds. The molecule has 0 bridgehead atoms. The van der Waals surface area contributed by atoms with Crippen molar-refractivity contribution >= 4 is 28.5 Å². The van der Waals surface area contributed by atoms with Gasteiger partial charge in [-0.1, -0.05) is 23.7 Å². The number of anilines is 1. The molecular formula is C22H14ClF2N5. The van der Waals surface area contributed by atoms with Crippen LogP contribution in [0.2, 0.25) is 5.02 Å². The van der Waals surface area contributed by atoms with Crippen molar-refractivity contribution in [2.45, 2.75) is 12.5 Å².